The number of nitrogens with two attached hydrogens (primary N) is 1. The van der Waals surface area contributed by atoms with E-state index in [0.29, 0.717) is 0 Å². The van der Waals surface area contributed by atoms with Crippen LogP contribution < -0.4 is 5.73 Å². The summed E-state index contributed by atoms with van der Waals surface area (Å²) in [4.78, 5) is 4.25. The standard InChI is InChI=1S/C17H18N4O/c1-3-4-14(18)7-5-13-6-8-16(17-15(13)9-20-22-17)21-10-12(2)19-11-21/h4-11H,3,18H2,1-2H3/b7-5+,14-4+. The number of benzene rings is 1. The monoisotopic (exact) mass is 294 g/mol. The predicted molar refractivity (Wildman–Crippen MR) is 87.5 cm³/mol. The van der Waals surface area contributed by atoms with Crippen molar-refractivity contribution in [3.63, 3.8) is 0 Å². The maximum absolute atomic E-state index is 5.90. The molecule has 0 fully saturated rings. The minimum atomic E-state index is 0.734. The predicted octanol–water partition coefficient (Wildman–Crippen LogP) is 3.59. The third-order valence-electron chi connectivity index (χ3n) is 3.42. The van der Waals surface area contributed by atoms with Crippen molar-refractivity contribution in [1.82, 2.24) is 14.7 Å². The van der Waals surface area contributed by atoms with Crippen LogP contribution in [0.1, 0.15) is 24.6 Å². The van der Waals surface area contributed by atoms with Crippen molar-refractivity contribution in [3.05, 3.63) is 60.0 Å². The second kappa shape index (κ2) is 5.89. The zero-order valence-electron chi connectivity index (χ0n) is 12.7. The molecular formula is C17H18N4O. The van der Waals surface area contributed by atoms with Gasteiger partial charge in [0.2, 0.25) is 0 Å². The number of aromatic nitrogens is 3. The number of imidazole rings is 1. The first-order valence-corrected chi connectivity index (χ1v) is 7.21. The normalized spacial score (nSPS) is 12.5. The number of nitrogens with zero attached hydrogens (tertiary/aromatic N) is 3. The average Bonchev–Trinajstić information content (AvgIpc) is 3.14. The van der Waals surface area contributed by atoms with E-state index in [1.165, 1.54) is 0 Å². The number of hydrogen-bond acceptors (Lipinski definition) is 4. The first kappa shape index (κ1) is 14.1. The lowest BCUT2D eigenvalue weighted by atomic mass is 10.1. The van der Waals surface area contributed by atoms with Crippen molar-refractivity contribution in [2.75, 3.05) is 0 Å². The molecule has 0 saturated carbocycles. The Kier molecular flexibility index (Phi) is 3.78. The van der Waals surface area contributed by atoms with Crippen LogP contribution in [-0.2, 0) is 0 Å². The molecule has 2 N–H and O–H groups in total. The van der Waals surface area contributed by atoms with Gasteiger partial charge < -0.3 is 14.8 Å². The van der Waals surface area contributed by atoms with Gasteiger partial charge in [-0.25, -0.2) is 4.98 Å². The molecule has 3 aromatic rings. The van der Waals surface area contributed by atoms with Crippen LogP contribution in [0, 0.1) is 6.92 Å². The SMILES string of the molecule is CC/C=C(N)\C=C\c1ccc(-n2cnc(C)c2)c2oncc12. The molecule has 0 aliphatic carbocycles. The van der Waals surface area contributed by atoms with Crippen LogP contribution in [0.25, 0.3) is 22.7 Å². The summed E-state index contributed by atoms with van der Waals surface area (Å²) in [5.41, 5.74) is 10.3. The molecule has 0 amide bonds. The topological polar surface area (TPSA) is 69.9 Å². The van der Waals surface area contributed by atoms with Gasteiger partial charge in [-0.15, -0.1) is 0 Å². The van der Waals surface area contributed by atoms with E-state index in [9.17, 15) is 0 Å². The van der Waals surface area contributed by atoms with Gasteiger partial charge in [-0.05, 0) is 31.1 Å². The highest BCUT2D eigenvalue weighted by molar-refractivity contribution is 5.91. The molecular weight excluding hydrogens is 276 g/mol. The molecule has 22 heavy (non-hydrogen) atoms. The van der Waals surface area contributed by atoms with Crippen molar-refractivity contribution >= 4 is 17.0 Å². The van der Waals surface area contributed by atoms with Crippen molar-refractivity contribution < 1.29 is 4.52 Å². The van der Waals surface area contributed by atoms with Gasteiger partial charge in [-0.3, -0.25) is 0 Å². The largest absolute Gasteiger partial charge is 0.399 e. The molecule has 5 nitrogen and oxygen atoms in total. The summed E-state index contributed by atoms with van der Waals surface area (Å²) in [6, 6.07) is 4.02. The smallest absolute Gasteiger partial charge is 0.191 e. The zero-order valence-corrected chi connectivity index (χ0v) is 12.7. The summed E-state index contributed by atoms with van der Waals surface area (Å²) in [6.07, 6.45) is 12.2. The summed E-state index contributed by atoms with van der Waals surface area (Å²) in [5, 5.41) is 4.88. The summed E-state index contributed by atoms with van der Waals surface area (Å²) < 4.78 is 7.36. The van der Waals surface area contributed by atoms with Crippen molar-refractivity contribution in [2.24, 2.45) is 5.73 Å². The van der Waals surface area contributed by atoms with E-state index in [2.05, 4.69) is 17.1 Å². The van der Waals surface area contributed by atoms with Crippen molar-refractivity contribution in [3.8, 4) is 5.69 Å². The Bertz CT molecular complexity index is 855. The van der Waals surface area contributed by atoms with E-state index in [1.807, 2.05) is 48.0 Å². The summed E-state index contributed by atoms with van der Waals surface area (Å²) in [6.45, 7) is 4.01. The summed E-state index contributed by atoms with van der Waals surface area (Å²) in [7, 11) is 0. The van der Waals surface area contributed by atoms with E-state index < -0.39 is 0 Å². The highest BCUT2D eigenvalue weighted by Gasteiger charge is 2.10. The Hall–Kier alpha value is -2.82. The van der Waals surface area contributed by atoms with Gasteiger partial charge >= 0.3 is 0 Å². The zero-order chi connectivity index (χ0) is 15.5. The second-order valence-corrected chi connectivity index (χ2v) is 5.11. The highest BCUT2D eigenvalue weighted by atomic mass is 16.5. The van der Waals surface area contributed by atoms with Gasteiger partial charge in [0.1, 0.15) is 0 Å². The average molecular weight is 294 g/mol. The van der Waals surface area contributed by atoms with E-state index >= 15 is 0 Å². The van der Waals surface area contributed by atoms with Crippen LogP contribution in [-0.4, -0.2) is 14.7 Å². The van der Waals surface area contributed by atoms with Crippen molar-refractivity contribution in [1.29, 1.82) is 0 Å². The molecule has 2 aromatic heterocycles. The maximum Gasteiger partial charge on any atom is 0.191 e. The van der Waals surface area contributed by atoms with Gasteiger partial charge in [-0.1, -0.05) is 30.3 Å². The third kappa shape index (κ3) is 2.65. The maximum atomic E-state index is 5.90. The van der Waals surface area contributed by atoms with E-state index in [-0.39, 0.29) is 0 Å². The second-order valence-electron chi connectivity index (χ2n) is 5.11. The fourth-order valence-electron chi connectivity index (χ4n) is 2.36. The van der Waals surface area contributed by atoms with Crippen LogP contribution >= 0.6 is 0 Å². The Morgan fingerprint density at radius 3 is 3.00 bits per heavy atom. The quantitative estimate of drug-likeness (QED) is 0.746. The summed E-state index contributed by atoms with van der Waals surface area (Å²) >= 11 is 0. The van der Waals surface area contributed by atoms with Crippen LogP contribution in [0.3, 0.4) is 0 Å². The molecule has 0 radical (unpaired) electrons. The number of aryl methyl sites for hydroxylation is 1. The lowest BCUT2D eigenvalue weighted by Gasteiger charge is -2.04. The molecule has 0 saturated heterocycles. The third-order valence-corrected chi connectivity index (χ3v) is 3.42. The lowest BCUT2D eigenvalue weighted by Crippen LogP contribution is -1.93. The minimum Gasteiger partial charge on any atom is -0.399 e. The first-order valence-electron chi connectivity index (χ1n) is 7.21. The molecule has 0 spiro atoms. The van der Waals surface area contributed by atoms with Gasteiger partial charge in [0.15, 0.2) is 5.58 Å². The molecule has 0 atom stereocenters. The van der Waals surface area contributed by atoms with Gasteiger partial charge in [0.05, 0.1) is 29.3 Å². The Labute approximate surface area is 128 Å². The molecule has 3 rings (SSSR count). The van der Waals surface area contributed by atoms with E-state index in [4.69, 9.17) is 10.3 Å². The fraction of sp³-hybridized carbons (Fsp3) is 0.176. The lowest BCUT2D eigenvalue weighted by molar-refractivity contribution is 0.455. The Morgan fingerprint density at radius 2 is 2.27 bits per heavy atom. The Morgan fingerprint density at radius 1 is 1.41 bits per heavy atom. The number of fused-ring (bicyclic) bond motifs is 1. The van der Waals surface area contributed by atoms with Crippen molar-refractivity contribution in [2.45, 2.75) is 20.3 Å². The number of rotatable bonds is 4. The van der Waals surface area contributed by atoms with Crippen LogP contribution in [0.15, 0.2) is 53.2 Å². The molecule has 0 unspecified atom stereocenters. The molecule has 0 aliphatic heterocycles. The first-order chi connectivity index (χ1) is 10.7. The molecule has 5 heteroatoms. The van der Waals surface area contributed by atoms with Crippen LogP contribution in [0.4, 0.5) is 0 Å². The summed E-state index contributed by atoms with van der Waals surface area (Å²) in [5.74, 6) is 0. The van der Waals surface area contributed by atoms with E-state index in [0.717, 1.165) is 40.0 Å². The van der Waals surface area contributed by atoms with Crippen LogP contribution in [0.2, 0.25) is 0 Å². The fourth-order valence-corrected chi connectivity index (χ4v) is 2.36. The molecule has 112 valence electrons. The van der Waals surface area contributed by atoms with Gasteiger partial charge in [0, 0.05) is 11.9 Å². The minimum absolute atomic E-state index is 0.734. The highest BCUT2D eigenvalue weighted by Crippen LogP contribution is 2.26. The van der Waals surface area contributed by atoms with Gasteiger partial charge in [0.25, 0.3) is 0 Å². The number of allylic oxidation sites excluding steroid dienone is 2. The molecule has 2 heterocycles. The number of hydrogen-bond donors (Lipinski definition) is 1. The molecule has 0 bridgehead atoms. The van der Waals surface area contributed by atoms with Gasteiger partial charge in [-0.2, -0.15) is 0 Å². The molecule has 0 aliphatic rings. The Balaban J connectivity index is 2.05. The molecule has 1 aromatic carbocycles. The van der Waals surface area contributed by atoms with Crippen LogP contribution in [0.5, 0.6) is 0 Å². The van der Waals surface area contributed by atoms with E-state index in [1.54, 1.807) is 12.5 Å².